The Balaban J connectivity index is 0.789. The van der Waals surface area contributed by atoms with E-state index in [4.69, 9.17) is 9.97 Å². The Bertz CT molecular complexity index is 3570. The number of fused-ring (bicyclic) bond motifs is 9. The summed E-state index contributed by atoms with van der Waals surface area (Å²) < 4.78 is 2.36. The molecule has 0 saturated heterocycles. The van der Waals surface area contributed by atoms with E-state index in [9.17, 15) is 0 Å². The summed E-state index contributed by atoms with van der Waals surface area (Å²) in [6.07, 6.45) is 1.91. The molecule has 0 bridgehead atoms. The fourth-order valence-corrected chi connectivity index (χ4v) is 9.19. The molecule has 12 rings (SSSR count). The molecular weight excluding hydrogens is 739 g/mol. The fourth-order valence-electron chi connectivity index (χ4n) is 9.19. The van der Waals surface area contributed by atoms with Crippen molar-refractivity contribution < 1.29 is 0 Å². The Morgan fingerprint density at radius 1 is 0.279 bits per heavy atom. The van der Waals surface area contributed by atoms with E-state index in [0.29, 0.717) is 0 Å². The lowest BCUT2D eigenvalue weighted by Crippen LogP contribution is -1.92. The van der Waals surface area contributed by atoms with Crippen molar-refractivity contribution in [2.75, 3.05) is 0 Å². The van der Waals surface area contributed by atoms with Crippen molar-refractivity contribution in [1.82, 2.24) is 14.5 Å². The van der Waals surface area contributed by atoms with Crippen LogP contribution in [0.4, 0.5) is 0 Å². The summed E-state index contributed by atoms with van der Waals surface area (Å²) in [4.78, 5) is 10.2. The zero-order valence-corrected chi connectivity index (χ0v) is 33.2. The Morgan fingerprint density at radius 3 is 1.33 bits per heavy atom. The van der Waals surface area contributed by atoms with E-state index in [1.807, 2.05) is 6.20 Å². The molecule has 0 radical (unpaired) electrons. The minimum Gasteiger partial charge on any atom is -0.309 e. The van der Waals surface area contributed by atoms with Gasteiger partial charge in [-0.2, -0.15) is 0 Å². The number of hydrogen-bond donors (Lipinski definition) is 0. The maximum atomic E-state index is 5.22. The van der Waals surface area contributed by atoms with Gasteiger partial charge in [0.25, 0.3) is 0 Å². The van der Waals surface area contributed by atoms with Crippen molar-refractivity contribution in [2.45, 2.75) is 0 Å². The van der Waals surface area contributed by atoms with E-state index in [-0.39, 0.29) is 0 Å². The number of para-hydroxylation sites is 2. The first-order valence-corrected chi connectivity index (χ1v) is 20.8. The maximum absolute atomic E-state index is 5.22. The highest BCUT2D eigenvalue weighted by atomic mass is 15.0. The van der Waals surface area contributed by atoms with Crippen LogP contribution in [0.15, 0.2) is 225 Å². The van der Waals surface area contributed by atoms with Crippen LogP contribution in [0.25, 0.3) is 116 Å². The van der Waals surface area contributed by atoms with Gasteiger partial charge in [0.15, 0.2) is 0 Å². The van der Waals surface area contributed by atoms with Crippen LogP contribution < -0.4 is 0 Å². The zero-order valence-electron chi connectivity index (χ0n) is 33.2. The topological polar surface area (TPSA) is 30.7 Å². The van der Waals surface area contributed by atoms with E-state index in [1.54, 1.807) is 0 Å². The lowest BCUT2D eigenvalue weighted by Gasteiger charge is -2.11. The van der Waals surface area contributed by atoms with E-state index in [1.165, 1.54) is 71.6 Å². The first kappa shape index (κ1) is 34.9. The van der Waals surface area contributed by atoms with Gasteiger partial charge in [-0.1, -0.05) is 182 Å². The summed E-state index contributed by atoms with van der Waals surface area (Å²) in [6, 6.07) is 78.5. The van der Waals surface area contributed by atoms with Crippen molar-refractivity contribution in [1.29, 1.82) is 0 Å². The van der Waals surface area contributed by atoms with Gasteiger partial charge in [0, 0.05) is 32.8 Å². The summed E-state index contributed by atoms with van der Waals surface area (Å²) in [7, 11) is 0. The molecule has 10 aromatic carbocycles. The molecule has 3 heteroatoms. The van der Waals surface area contributed by atoms with Crippen molar-refractivity contribution in [3.05, 3.63) is 225 Å². The number of hydrogen-bond acceptors (Lipinski definition) is 2. The van der Waals surface area contributed by atoms with Gasteiger partial charge in [-0.05, 0) is 91.7 Å². The van der Waals surface area contributed by atoms with E-state index >= 15 is 0 Å². The molecule has 0 atom stereocenters. The second-order valence-corrected chi connectivity index (χ2v) is 15.8. The normalized spacial score (nSPS) is 11.6. The molecule has 0 saturated carbocycles. The Morgan fingerprint density at radius 2 is 0.721 bits per heavy atom. The third-order valence-electron chi connectivity index (χ3n) is 12.3. The predicted molar refractivity (Wildman–Crippen MR) is 256 cm³/mol. The molecule has 0 unspecified atom stereocenters. The highest BCUT2D eigenvalue weighted by Gasteiger charge is 2.15. The molecule has 2 aromatic heterocycles. The smallest absolute Gasteiger partial charge is 0.0979 e. The van der Waals surface area contributed by atoms with Gasteiger partial charge < -0.3 is 4.57 Å². The van der Waals surface area contributed by atoms with Gasteiger partial charge in [-0.15, -0.1) is 0 Å². The molecule has 0 aliphatic carbocycles. The van der Waals surface area contributed by atoms with Crippen LogP contribution in [0.3, 0.4) is 0 Å². The van der Waals surface area contributed by atoms with Crippen LogP contribution in [-0.4, -0.2) is 14.5 Å². The summed E-state index contributed by atoms with van der Waals surface area (Å²) in [6.45, 7) is 0. The van der Waals surface area contributed by atoms with E-state index in [2.05, 4.69) is 223 Å². The zero-order chi connectivity index (χ0) is 40.3. The monoisotopic (exact) mass is 775 g/mol. The molecule has 61 heavy (non-hydrogen) atoms. The summed E-state index contributed by atoms with van der Waals surface area (Å²) in [5.74, 6) is 0. The number of aromatic nitrogens is 3. The van der Waals surface area contributed by atoms with Crippen molar-refractivity contribution >= 4 is 54.4 Å². The Labute approximate surface area is 353 Å². The third kappa shape index (κ3) is 5.98. The average molecular weight is 776 g/mol. The maximum Gasteiger partial charge on any atom is 0.0979 e. The van der Waals surface area contributed by atoms with Crippen molar-refractivity contribution in [3.63, 3.8) is 0 Å². The standard InChI is InChI=1S/C58H37N3/c1-2-13-47(14-3-1)61-55-20-9-8-17-50(55)53-36-45(33-34-56(53)61)43-31-27-41(28-32-43)39-23-21-38(22-24-39)40-25-29-42(30-26-40)44-11-10-12-46(35-44)54-37-59-57-51-18-6-4-15-48(51)49-16-5-7-19-52(49)58(57)60-54/h1-37H. The minimum atomic E-state index is 0.867. The van der Waals surface area contributed by atoms with Crippen LogP contribution in [0.5, 0.6) is 0 Å². The average Bonchev–Trinajstić information content (AvgIpc) is 3.68. The van der Waals surface area contributed by atoms with Crippen LogP contribution >= 0.6 is 0 Å². The molecule has 12 aromatic rings. The largest absolute Gasteiger partial charge is 0.309 e. The lowest BCUT2D eigenvalue weighted by molar-refractivity contribution is 1.18. The summed E-state index contributed by atoms with van der Waals surface area (Å²) in [5, 5.41) is 7.18. The van der Waals surface area contributed by atoms with Crippen molar-refractivity contribution in [2.24, 2.45) is 0 Å². The van der Waals surface area contributed by atoms with Gasteiger partial charge in [0.2, 0.25) is 0 Å². The molecular formula is C58H37N3. The molecule has 0 aliphatic rings. The number of benzene rings is 10. The van der Waals surface area contributed by atoms with Crippen LogP contribution in [0.1, 0.15) is 0 Å². The van der Waals surface area contributed by atoms with Gasteiger partial charge in [-0.3, -0.25) is 4.98 Å². The van der Waals surface area contributed by atoms with Gasteiger partial charge in [0.1, 0.15) is 0 Å². The SMILES string of the molecule is c1ccc(-n2c3ccccc3c3cc(-c4ccc(-c5ccc(-c6ccc(-c7cccc(-c8cnc9c%10ccccc%10c%10ccccc%10c9n8)c7)cc6)cc5)cc4)ccc32)cc1. The third-order valence-corrected chi connectivity index (χ3v) is 12.3. The van der Waals surface area contributed by atoms with Crippen LogP contribution in [0, 0.1) is 0 Å². The van der Waals surface area contributed by atoms with Crippen LogP contribution in [0.2, 0.25) is 0 Å². The van der Waals surface area contributed by atoms with Gasteiger partial charge in [0.05, 0.1) is 34.0 Å². The molecule has 0 N–H and O–H groups in total. The van der Waals surface area contributed by atoms with Gasteiger partial charge in [-0.25, -0.2) is 4.98 Å². The first-order chi connectivity index (χ1) is 30.2. The quantitative estimate of drug-likeness (QED) is 0.158. The molecule has 2 heterocycles. The summed E-state index contributed by atoms with van der Waals surface area (Å²) >= 11 is 0. The highest BCUT2D eigenvalue weighted by Crippen LogP contribution is 2.37. The van der Waals surface area contributed by atoms with Crippen molar-refractivity contribution in [3.8, 4) is 61.5 Å². The number of nitrogens with zero attached hydrogens (tertiary/aromatic N) is 3. The van der Waals surface area contributed by atoms with E-state index < -0.39 is 0 Å². The fraction of sp³-hybridized carbons (Fsp3) is 0. The van der Waals surface area contributed by atoms with Gasteiger partial charge >= 0.3 is 0 Å². The molecule has 284 valence electrons. The molecule has 0 amide bonds. The Hall–Kier alpha value is -8.14. The second kappa shape index (κ2) is 14.3. The number of rotatable bonds is 6. The minimum absolute atomic E-state index is 0.867. The molecule has 3 nitrogen and oxygen atoms in total. The molecule has 0 aliphatic heterocycles. The van der Waals surface area contributed by atoms with E-state index in [0.717, 1.165) is 44.2 Å². The first-order valence-electron chi connectivity index (χ1n) is 20.8. The van der Waals surface area contributed by atoms with Crippen LogP contribution in [-0.2, 0) is 0 Å². The lowest BCUT2D eigenvalue weighted by atomic mass is 9.96. The summed E-state index contributed by atoms with van der Waals surface area (Å²) in [5.41, 5.74) is 16.9. The molecule has 0 fully saturated rings. The molecule has 0 spiro atoms. The highest BCUT2D eigenvalue weighted by molar-refractivity contribution is 6.23. The second-order valence-electron chi connectivity index (χ2n) is 15.8. The Kier molecular flexibility index (Phi) is 8.17. The predicted octanol–water partition coefficient (Wildman–Crippen LogP) is 15.4.